The molecule has 2 rings (SSSR count). The normalized spacial score (nSPS) is 30.7. The van der Waals surface area contributed by atoms with E-state index in [1.807, 2.05) is 0 Å². The molecule has 2 N–H and O–H groups in total. The first-order chi connectivity index (χ1) is 10.3. The molecular weight excluding hydrogens is 282 g/mol. The van der Waals surface area contributed by atoms with Gasteiger partial charge in [-0.3, -0.25) is 14.5 Å². The quantitative estimate of drug-likeness (QED) is 0.794. The second kappa shape index (κ2) is 6.96. The lowest BCUT2D eigenvalue weighted by molar-refractivity contribution is -0.133. The minimum Gasteiger partial charge on any atom is -0.373 e. The molecule has 0 unspecified atom stereocenters. The second-order valence-corrected chi connectivity index (χ2v) is 7.23. The van der Waals surface area contributed by atoms with Gasteiger partial charge in [0.25, 0.3) is 0 Å². The lowest BCUT2D eigenvalue weighted by atomic mass is 9.95. The first-order valence-electron chi connectivity index (χ1n) is 8.23. The van der Waals surface area contributed by atoms with Crippen molar-refractivity contribution < 1.29 is 14.3 Å². The van der Waals surface area contributed by atoms with Crippen LogP contribution in [0.1, 0.15) is 40.5 Å². The smallest absolute Gasteiger partial charge is 0.223 e. The van der Waals surface area contributed by atoms with E-state index in [1.165, 1.54) is 0 Å². The molecule has 0 aromatic heterocycles. The Labute approximate surface area is 132 Å². The van der Waals surface area contributed by atoms with Gasteiger partial charge in [-0.05, 0) is 34.1 Å². The predicted octanol–water partition coefficient (Wildman–Crippen LogP) is 0.517. The Morgan fingerprint density at radius 3 is 2.59 bits per heavy atom. The largest absolute Gasteiger partial charge is 0.373 e. The standard InChI is InChI=1S/C16H29N3O3/c1-11-8-19(9-12(2)22-11)16(3,4)10-18-15(21)13-5-6-17-14(20)7-13/h11-13H,5-10H2,1-4H3,(H,17,20)(H,18,21)/t11-,12+,13-/m1/s1. The molecule has 0 aromatic carbocycles. The second-order valence-electron chi connectivity index (χ2n) is 7.23. The van der Waals surface area contributed by atoms with Crippen LogP contribution in [0.4, 0.5) is 0 Å². The summed E-state index contributed by atoms with van der Waals surface area (Å²) in [5.74, 6) is -0.217. The fraction of sp³-hybridized carbons (Fsp3) is 0.875. The zero-order valence-corrected chi connectivity index (χ0v) is 14.1. The molecule has 126 valence electrons. The van der Waals surface area contributed by atoms with Crippen molar-refractivity contribution in [2.24, 2.45) is 5.92 Å². The summed E-state index contributed by atoms with van der Waals surface area (Å²) in [6.07, 6.45) is 1.45. The number of nitrogens with zero attached hydrogens (tertiary/aromatic N) is 1. The number of nitrogens with one attached hydrogen (secondary N) is 2. The topological polar surface area (TPSA) is 70.7 Å². The van der Waals surface area contributed by atoms with Crippen LogP contribution in [0.3, 0.4) is 0 Å². The number of piperidine rings is 1. The van der Waals surface area contributed by atoms with Gasteiger partial charge in [0.2, 0.25) is 11.8 Å². The van der Waals surface area contributed by atoms with Crippen LogP contribution >= 0.6 is 0 Å². The van der Waals surface area contributed by atoms with Crippen molar-refractivity contribution in [3.8, 4) is 0 Å². The summed E-state index contributed by atoms with van der Waals surface area (Å²) >= 11 is 0. The molecule has 0 bridgehead atoms. The monoisotopic (exact) mass is 311 g/mol. The molecular formula is C16H29N3O3. The van der Waals surface area contributed by atoms with Crippen LogP contribution in [0.25, 0.3) is 0 Å². The molecule has 2 heterocycles. The maximum absolute atomic E-state index is 12.3. The van der Waals surface area contributed by atoms with Gasteiger partial charge in [-0.25, -0.2) is 0 Å². The number of ether oxygens (including phenoxy) is 1. The van der Waals surface area contributed by atoms with E-state index in [0.717, 1.165) is 19.5 Å². The Hall–Kier alpha value is -1.14. The lowest BCUT2D eigenvalue weighted by Crippen LogP contribution is -2.59. The number of rotatable bonds is 4. The van der Waals surface area contributed by atoms with Gasteiger partial charge in [-0.1, -0.05) is 0 Å². The third-order valence-corrected chi connectivity index (χ3v) is 4.59. The summed E-state index contributed by atoms with van der Waals surface area (Å²) in [5.41, 5.74) is -0.126. The Bertz CT molecular complexity index is 415. The molecule has 2 saturated heterocycles. The van der Waals surface area contributed by atoms with E-state index in [2.05, 4.69) is 43.2 Å². The fourth-order valence-corrected chi connectivity index (χ4v) is 3.24. The Morgan fingerprint density at radius 2 is 2.00 bits per heavy atom. The van der Waals surface area contributed by atoms with Crippen LogP contribution in [-0.4, -0.2) is 60.6 Å². The zero-order chi connectivity index (χ0) is 16.3. The minimum absolute atomic E-state index is 0.00252. The van der Waals surface area contributed by atoms with Crippen LogP contribution in [0.5, 0.6) is 0 Å². The average Bonchev–Trinajstić information content (AvgIpc) is 2.44. The summed E-state index contributed by atoms with van der Waals surface area (Å²) in [7, 11) is 0. The van der Waals surface area contributed by atoms with E-state index in [0.29, 0.717) is 19.5 Å². The highest BCUT2D eigenvalue weighted by atomic mass is 16.5. The van der Waals surface area contributed by atoms with Crippen molar-refractivity contribution >= 4 is 11.8 Å². The SMILES string of the molecule is C[C@@H]1CN(C(C)(C)CNC(=O)[C@@H]2CCNC(=O)C2)C[C@H](C)O1. The molecule has 0 spiro atoms. The van der Waals surface area contributed by atoms with Crippen LogP contribution in [-0.2, 0) is 14.3 Å². The lowest BCUT2D eigenvalue weighted by Gasteiger charge is -2.45. The summed E-state index contributed by atoms with van der Waals surface area (Å²) in [4.78, 5) is 26.0. The Balaban J connectivity index is 1.86. The maximum Gasteiger partial charge on any atom is 0.223 e. The Morgan fingerprint density at radius 1 is 1.36 bits per heavy atom. The van der Waals surface area contributed by atoms with E-state index in [9.17, 15) is 9.59 Å². The van der Waals surface area contributed by atoms with Crippen molar-refractivity contribution in [1.82, 2.24) is 15.5 Å². The van der Waals surface area contributed by atoms with Crippen LogP contribution in [0, 0.1) is 5.92 Å². The number of hydrogen-bond donors (Lipinski definition) is 2. The summed E-state index contributed by atoms with van der Waals surface area (Å²) in [6, 6.07) is 0. The van der Waals surface area contributed by atoms with Gasteiger partial charge >= 0.3 is 0 Å². The van der Waals surface area contributed by atoms with E-state index < -0.39 is 0 Å². The van der Waals surface area contributed by atoms with Gasteiger partial charge in [0, 0.05) is 44.1 Å². The number of morpholine rings is 1. The molecule has 6 nitrogen and oxygen atoms in total. The van der Waals surface area contributed by atoms with Crippen molar-refractivity contribution in [3.63, 3.8) is 0 Å². The highest BCUT2D eigenvalue weighted by molar-refractivity contribution is 5.86. The van der Waals surface area contributed by atoms with E-state index >= 15 is 0 Å². The van der Waals surface area contributed by atoms with E-state index in [1.54, 1.807) is 0 Å². The number of hydrogen-bond acceptors (Lipinski definition) is 4. The van der Waals surface area contributed by atoms with Crippen molar-refractivity contribution in [1.29, 1.82) is 0 Å². The molecule has 0 radical (unpaired) electrons. The van der Waals surface area contributed by atoms with Crippen molar-refractivity contribution in [3.05, 3.63) is 0 Å². The first kappa shape index (κ1) is 17.2. The zero-order valence-electron chi connectivity index (χ0n) is 14.1. The summed E-state index contributed by atoms with van der Waals surface area (Å²) < 4.78 is 5.77. The van der Waals surface area contributed by atoms with E-state index in [4.69, 9.17) is 4.74 Å². The molecule has 0 aliphatic carbocycles. The van der Waals surface area contributed by atoms with Crippen molar-refractivity contribution in [2.45, 2.75) is 58.3 Å². The fourth-order valence-electron chi connectivity index (χ4n) is 3.24. The van der Waals surface area contributed by atoms with Crippen LogP contribution in [0.15, 0.2) is 0 Å². The first-order valence-corrected chi connectivity index (χ1v) is 8.23. The molecule has 6 heteroatoms. The highest BCUT2D eigenvalue weighted by Gasteiger charge is 2.34. The van der Waals surface area contributed by atoms with E-state index in [-0.39, 0.29) is 35.5 Å². The highest BCUT2D eigenvalue weighted by Crippen LogP contribution is 2.21. The van der Waals surface area contributed by atoms with Crippen LogP contribution < -0.4 is 10.6 Å². The van der Waals surface area contributed by atoms with Crippen LogP contribution in [0.2, 0.25) is 0 Å². The third kappa shape index (κ3) is 4.43. The Kier molecular flexibility index (Phi) is 5.45. The molecule has 2 aliphatic rings. The molecule has 3 atom stereocenters. The molecule has 22 heavy (non-hydrogen) atoms. The average molecular weight is 311 g/mol. The minimum atomic E-state index is -0.188. The number of amides is 2. The van der Waals surface area contributed by atoms with Gasteiger partial charge in [0.15, 0.2) is 0 Å². The molecule has 0 saturated carbocycles. The molecule has 2 fully saturated rings. The number of carbonyl (C=O) groups excluding carboxylic acids is 2. The molecule has 0 aromatic rings. The molecule has 2 aliphatic heterocycles. The van der Waals surface area contributed by atoms with Gasteiger partial charge in [-0.2, -0.15) is 0 Å². The third-order valence-electron chi connectivity index (χ3n) is 4.59. The summed E-state index contributed by atoms with van der Waals surface area (Å²) in [5, 5.41) is 5.80. The molecule has 2 amide bonds. The maximum atomic E-state index is 12.3. The van der Waals surface area contributed by atoms with Gasteiger partial charge in [0.1, 0.15) is 0 Å². The van der Waals surface area contributed by atoms with Crippen molar-refractivity contribution in [2.75, 3.05) is 26.2 Å². The van der Waals surface area contributed by atoms with Gasteiger partial charge < -0.3 is 15.4 Å². The summed E-state index contributed by atoms with van der Waals surface area (Å²) in [6.45, 7) is 11.4. The predicted molar refractivity (Wildman–Crippen MR) is 84.4 cm³/mol. The van der Waals surface area contributed by atoms with Gasteiger partial charge in [0.05, 0.1) is 12.2 Å². The number of carbonyl (C=O) groups is 2. The van der Waals surface area contributed by atoms with Gasteiger partial charge in [-0.15, -0.1) is 0 Å².